The Hall–Kier alpha value is -7.14. The molecule has 7 rings (SSSR count). The fraction of sp³-hybridized carbons (Fsp3) is 0.0500. The van der Waals surface area contributed by atoms with Gasteiger partial charge in [-0.15, -0.1) is 0 Å². The van der Waals surface area contributed by atoms with Crippen molar-refractivity contribution in [2.24, 2.45) is 0 Å². The van der Waals surface area contributed by atoms with E-state index in [4.69, 9.17) is 9.47 Å². The van der Waals surface area contributed by atoms with Crippen molar-refractivity contribution in [2.45, 2.75) is 12.9 Å². The summed E-state index contributed by atoms with van der Waals surface area (Å²) in [5.41, 5.74) is 5.01. The Morgan fingerprint density at radius 2 is 0.860 bits per heavy atom. The highest BCUT2D eigenvalue weighted by Crippen LogP contribution is 2.54. The average molecular weight is 663 g/mol. The van der Waals surface area contributed by atoms with E-state index in [1.807, 2.05) is 36.4 Å². The number of benzene rings is 5. The van der Waals surface area contributed by atoms with Crippen LogP contribution in [-0.4, -0.2) is 0 Å². The number of nitriles is 4. The molecule has 0 heterocycles. The third-order valence-electron chi connectivity index (χ3n) is 8.48. The van der Waals surface area contributed by atoms with Gasteiger partial charge in [-0.3, -0.25) is 0 Å². The van der Waals surface area contributed by atoms with Gasteiger partial charge in [0.05, 0.1) is 5.56 Å². The quantitative estimate of drug-likeness (QED) is 0.134. The second kappa shape index (κ2) is 12.1. The molecule has 5 aromatic carbocycles. The number of alkyl halides is 4. The molecule has 6 nitrogen and oxygen atoms in total. The number of nitrogens with zero attached hydrogens (tertiary/aromatic N) is 4. The lowest BCUT2D eigenvalue weighted by molar-refractivity contribution is -0.137. The molecule has 0 saturated carbocycles. The van der Waals surface area contributed by atoms with Gasteiger partial charge >= 0.3 is 6.18 Å². The van der Waals surface area contributed by atoms with Crippen molar-refractivity contribution in [1.29, 1.82) is 21.0 Å². The van der Waals surface area contributed by atoms with Crippen LogP contribution in [-0.2, 0) is 12.9 Å². The third-order valence-corrected chi connectivity index (χ3v) is 8.48. The van der Waals surface area contributed by atoms with Crippen molar-refractivity contribution >= 4 is 11.1 Å². The molecule has 0 fully saturated rings. The van der Waals surface area contributed by atoms with Gasteiger partial charge in [-0.1, -0.05) is 24.3 Å². The normalized spacial score (nSPS) is 11.9. The van der Waals surface area contributed by atoms with E-state index in [-0.39, 0.29) is 22.6 Å². The smallest absolute Gasteiger partial charge is 0.416 e. The van der Waals surface area contributed by atoms with Gasteiger partial charge < -0.3 is 9.47 Å². The van der Waals surface area contributed by atoms with E-state index >= 15 is 0 Å². The summed E-state index contributed by atoms with van der Waals surface area (Å²) in [5.74, 6) is 1.32. The number of fused-ring (bicyclic) bond motifs is 6. The van der Waals surface area contributed by atoms with Gasteiger partial charge in [-0.05, 0) is 123 Å². The van der Waals surface area contributed by atoms with Crippen molar-refractivity contribution in [3.63, 3.8) is 0 Å². The lowest BCUT2D eigenvalue weighted by Gasteiger charge is -2.11. The molecule has 2 aliphatic carbocycles. The van der Waals surface area contributed by atoms with E-state index in [9.17, 15) is 38.6 Å². The summed E-state index contributed by atoms with van der Waals surface area (Å²) in [6, 6.07) is 32.5. The molecule has 2 aliphatic rings. The van der Waals surface area contributed by atoms with Gasteiger partial charge in [0.2, 0.25) is 0 Å². The van der Waals surface area contributed by atoms with E-state index in [0.717, 1.165) is 12.1 Å². The first kappa shape index (κ1) is 31.5. The van der Waals surface area contributed by atoms with Crippen LogP contribution in [0.2, 0.25) is 0 Å². The zero-order chi connectivity index (χ0) is 35.2. The molecule has 0 N–H and O–H groups in total. The van der Waals surface area contributed by atoms with Gasteiger partial charge in [0.25, 0.3) is 0 Å². The lowest BCUT2D eigenvalue weighted by Crippen LogP contribution is -2.03. The third kappa shape index (κ3) is 5.28. The van der Waals surface area contributed by atoms with Gasteiger partial charge in [-0.25, -0.2) is 4.39 Å². The van der Waals surface area contributed by atoms with Crippen molar-refractivity contribution in [3.05, 3.63) is 142 Å². The topological polar surface area (TPSA) is 114 Å². The van der Waals surface area contributed by atoms with Crippen LogP contribution in [0.3, 0.4) is 0 Å². The molecule has 0 unspecified atom stereocenters. The first-order valence-electron chi connectivity index (χ1n) is 14.9. The van der Waals surface area contributed by atoms with Gasteiger partial charge in [-0.2, -0.15) is 34.2 Å². The Morgan fingerprint density at radius 1 is 0.480 bits per heavy atom. The molecular formula is C40H18F4N4O2. The Balaban J connectivity index is 1.34. The molecule has 0 bridgehead atoms. The summed E-state index contributed by atoms with van der Waals surface area (Å²) in [7, 11) is 0. The molecule has 0 aromatic heterocycles. The number of rotatable bonds is 5. The highest BCUT2D eigenvalue weighted by Gasteiger charge is 2.34. The minimum absolute atomic E-state index is 0.126. The fourth-order valence-electron chi connectivity index (χ4n) is 6.25. The maximum absolute atomic E-state index is 13.1. The zero-order valence-electron chi connectivity index (χ0n) is 25.6. The van der Waals surface area contributed by atoms with E-state index in [2.05, 4.69) is 0 Å². The molecule has 0 amide bonds. The summed E-state index contributed by atoms with van der Waals surface area (Å²) < 4.78 is 64.1. The fourth-order valence-corrected chi connectivity index (χ4v) is 6.25. The molecule has 0 atom stereocenters. The molecule has 10 heteroatoms. The molecule has 5 aromatic rings. The van der Waals surface area contributed by atoms with Crippen LogP contribution in [0.1, 0.15) is 33.4 Å². The van der Waals surface area contributed by atoms with Crippen LogP contribution in [0, 0.1) is 45.3 Å². The molecule has 0 spiro atoms. The van der Waals surface area contributed by atoms with E-state index < -0.39 is 18.4 Å². The largest absolute Gasteiger partial charge is 0.457 e. The number of halogens is 4. The molecule has 0 radical (unpaired) electrons. The minimum atomic E-state index is -4.50. The predicted octanol–water partition coefficient (Wildman–Crippen LogP) is 10.4. The summed E-state index contributed by atoms with van der Waals surface area (Å²) in [6.07, 6.45) is -4.50. The van der Waals surface area contributed by atoms with E-state index in [1.165, 1.54) is 12.1 Å². The van der Waals surface area contributed by atoms with Crippen molar-refractivity contribution in [1.82, 2.24) is 0 Å². The van der Waals surface area contributed by atoms with Crippen molar-refractivity contribution in [2.75, 3.05) is 0 Å². The molecule has 0 aliphatic heterocycles. The first-order valence-corrected chi connectivity index (χ1v) is 14.9. The van der Waals surface area contributed by atoms with Crippen LogP contribution < -0.4 is 9.47 Å². The number of ether oxygens (including phenoxy) is 2. The highest BCUT2D eigenvalue weighted by atomic mass is 19.4. The van der Waals surface area contributed by atoms with Gasteiger partial charge in [0.1, 0.15) is 65.1 Å². The second-order valence-corrected chi connectivity index (χ2v) is 11.3. The van der Waals surface area contributed by atoms with Crippen LogP contribution in [0.5, 0.6) is 23.0 Å². The number of allylic oxidation sites excluding steroid dienone is 2. The number of hydrogen-bond donors (Lipinski definition) is 0. The van der Waals surface area contributed by atoms with Crippen LogP contribution >= 0.6 is 0 Å². The summed E-state index contributed by atoms with van der Waals surface area (Å²) in [5, 5.41) is 39.9. The average Bonchev–Trinajstić information content (AvgIpc) is 3.60. The summed E-state index contributed by atoms with van der Waals surface area (Å²) >= 11 is 0. The second-order valence-electron chi connectivity index (χ2n) is 11.3. The standard InChI is InChI=1S/C40H18F4N4O2/c41-17-22-1-5-26(6-2-22)49-28-9-11-30-32-15-37-33(16-36(32)38(34(30)13-28)23(18-45)19-46)31-12-10-29(14-35(31)39(37)24(20-47)21-48)50-27-7-3-25(4-8-27)40(42,43)44/h1-16H,17H2. The molecule has 0 saturated heterocycles. The Morgan fingerprint density at radius 3 is 1.24 bits per heavy atom. The van der Waals surface area contributed by atoms with Crippen LogP contribution in [0.15, 0.2) is 108 Å². The lowest BCUT2D eigenvalue weighted by atomic mass is 9.93. The molecular weight excluding hydrogens is 644 g/mol. The van der Waals surface area contributed by atoms with Gasteiger partial charge in [0, 0.05) is 11.1 Å². The van der Waals surface area contributed by atoms with Gasteiger partial charge in [0.15, 0.2) is 0 Å². The molecule has 238 valence electrons. The first-order chi connectivity index (χ1) is 24.2. The van der Waals surface area contributed by atoms with Crippen LogP contribution in [0.25, 0.3) is 33.4 Å². The SMILES string of the molecule is N#CC(C#N)=C1c2cc(Oc3ccc(CF)cc3)ccc2-c2cc3c(cc21)-c1ccc(Oc2ccc(C(F)(F)F)cc2)cc1C3=C(C#N)C#N. The Bertz CT molecular complexity index is 2450. The zero-order valence-corrected chi connectivity index (χ0v) is 25.6. The summed E-state index contributed by atoms with van der Waals surface area (Å²) in [6.45, 7) is -0.607. The van der Waals surface area contributed by atoms with Crippen molar-refractivity contribution in [3.8, 4) is 69.5 Å². The van der Waals surface area contributed by atoms with E-state index in [1.54, 1.807) is 60.7 Å². The molecule has 50 heavy (non-hydrogen) atoms. The Kier molecular flexibility index (Phi) is 7.64. The van der Waals surface area contributed by atoms with E-state index in [0.29, 0.717) is 72.7 Å². The predicted molar refractivity (Wildman–Crippen MR) is 175 cm³/mol. The monoisotopic (exact) mass is 662 g/mol. The number of hydrogen-bond acceptors (Lipinski definition) is 6. The minimum Gasteiger partial charge on any atom is -0.457 e. The summed E-state index contributed by atoms with van der Waals surface area (Å²) in [4.78, 5) is 0. The maximum atomic E-state index is 13.1. The highest BCUT2D eigenvalue weighted by molar-refractivity contribution is 6.11. The Labute approximate surface area is 282 Å². The maximum Gasteiger partial charge on any atom is 0.416 e. The van der Waals surface area contributed by atoms with Crippen molar-refractivity contribution < 1.29 is 27.0 Å². The van der Waals surface area contributed by atoms with Crippen LogP contribution in [0.4, 0.5) is 17.6 Å².